The summed E-state index contributed by atoms with van der Waals surface area (Å²) in [6, 6.07) is 18.8. The predicted octanol–water partition coefficient (Wildman–Crippen LogP) is 3.65. The summed E-state index contributed by atoms with van der Waals surface area (Å²) in [4.78, 5) is 15.5. The van der Waals surface area contributed by atoms with Gasteiger partial charge in [-0.2, -0.15) is 0 Å². The molecule has 2 heterocycles. The van der Waals surface area contributed by atoms with Crippen LogP contribution >= 0.6 is 11.3 Å². The lowest BCUT2D eigenvalue weighted by Crippen LogP contribution is -2.51. The van der Waals surface area contributed by atoms with Gasteiger partial charge in [-0.25, -0.2) is 14.3 Å². The third-order valence-electron chi connectivity index (χ3n) is 5.17. The highest BCUT2D eigenvalue weighted by Crippen LogP contribution is 2.43. The van der Waals surface area contributed by atoms with E-state index in [4.69, 9.17) is 4.74 Å². The number of aromatic nitrogens is 1. The molecule has 2 aromatic carbocycles. The summed E-state index contributed by atoms with van der Waals surface area (Å²) in [5.74, 6) is -0.498. The van der Waals surface area contributed by atoms with Crippen LogP contribution in [0.1, 0.15) is 25.5 Å². The lowest BCUT2D eigenvalue weighted by atomic mass is 9.95. The molecule has 1 aliphatic heterocycles. The minimum atomic E-state index is -0.525. The summed E-state index contributed by atoms with van der Waals surface area (Å²) in [5.41, 5.74) is 3.04. The van der Waals surface area contributed by atoms with Crippen molar-refractivity contribution < 1.29 is 19.2 Å². The van der Waals surface area contributed by atoms with Gasteiger partial charge in [-0.3, -0.25) is 0 Å². The van der Waals surface area contributed by atoms with Crippen LogP contribution in [0, 0.1) is 0 Å². The number of hydrogen-bond acceptors (Lipinski definition) is 5. The maximum atomic E-state index is 13.5. The van der Waals surface area contributed by atoms with Gasteiger partial charge in [0.25, 0.3) is 0 Å². The number of anilines is 1. The quantitative estimate of drug-likeness (QED) is 0.490. The smallest absolute Gasteiger partial charge is 0.342 e. The van der Waals surface area contributed by atoms with E-state index in [1.54, 1.807) is 11.5 Å². The molecule has 1 aliphatic rings. The minimum absolute atomic E-state index is 0.105. The summed E-state index contributed by atoms with van der Waals surface area (Å²) in [7, 11) is 1.88. The molecule has 148 valence electrons. The van der Waals surface area contributed by atoms with Crippen LogP contribution in [0.3, 0.4) is 0 Å². The summed E-state index contributed by atoms with van der Waals surface area (Å²) in [6.07, 6.45) is 0. The molecule has 0 fully saturated rings. The third kappa shape index (κ3) is 3.19. The largest absolute Gasteiger partial charge is 0.841 e. The van der Waals surface area contributed by atoms with Gasteiger partial charge in [-0.1, -0.05) is 60.7 Å². The Morgan fingerprint density at radius 1 is 1.14 bits per heavy atom. The number of hydrogen-bond donors (Lipinski definition) is 0. The van der Waals surface area contributed by atoms with Crippen molar-refractivity contribution in [2.75, 3.05) is 18.6 Å². The van der Waals surface area contributed by atoms with Gasteiger partial charge in [-0.15, -0.1) is 0 Å². The number of esters is 1. The van der Waals surface area contributed by atoms with Crippen molar-refractivity contribution in [2.45, 2.75) is 19.9 Å². The first kappa shape index (κ1) is 19.2. The molecule has 0 radical (unpaired) electrons. The second-order valence-corrected chi connectivity index (χ2v) is 7.82. The van der Waals surface area contributed by atoms with Crippen LogP contribution in [0.25, 0.3) is 10.4 Å². The summed E-state index contributed by atoms with van der Waals surface area (Å²) >= 11 is 1.44. The van der Waals surface area contributed by atoms with Crippen molar-refractivity contribution >= 4 is 22.4 Å². The Hall–Kier alpha value is -3.12. The average Bonchev–Trinajstić information content (AvgIpc) is 3.09. The first-order chi connectivity index (χ1) is 14.0. The molecular weight excluding hydrogens is 384 g/mol. The first-order valence-corrected chi connectivity index (χ1v) is 10.3. The monoisotopic (exact) mass is 406 g/mol. The molecule has 1 atom stereocenters. The summed E-state index contributed by atoms with van der Waals surface area (Å²) in [5, 5.41) is 14.3. The zero-order valence-corrected chi connectivity index (χ0v) is 17.4. The van der Waals surface area contributed by atoms with Gasteiger partial charge in [0.05, 0.1) is 24.4 Å². The molecule has 5 nitrogen and oxygen atoms in total. The predicted molar refractivity (Wildman–Crippen MR) is 112 cm³/mol. The van der Waals surface area contributed by atoms with Crippen molar-refractivity contribution in [2.24, 2.45) is 0 Å². The van der Waals surface area contributed by atoms with Crippen LogP contribution in [0.5, 0.6) is 5.88 Å². The van der Waals surface area contributed by atoms with Gasteiger partial charge in [-0.05, 0) is 30.7 Å². The molecule has 29 heavy (non-hydrogen) atoms. The van der Waals surface area contributed by atoms with E-state index in [1.165, 1.54) is 11.3 Å². The van der Waals surface area contributed by atoms with Crippen molar-refractivity contribution in [1.29, 1.82) is 0 Å². The summed E-state index contributed by atoms with van der Waals surface area (Å²) in [6.45, 7) is 3.97. The fourth-order valence-corrected chi connectivity index (χ4v) is 4.86. The molecule has 0 saturated carbocycles. The Labute approximate surface area is 174 Å². The SMILES string of the molecule is CCOC(=O)C1=C(C)N(C)c2sc(-c3ccccc3)c([O-])[n+]2C1c1ccccc1. The minimum Gasteiger partial charge on any atom is -0.841 e. The topological polar surface area (TPSA) is 56.5 Å². The average molecular weight is 407 g/mol. The molecule has 0 aliphatic carbocycles. The molecule has 0 N–H and O–H groups in total. The van der Waals surface area contributed by atoms with Gasteiger partial charge in [0.2, 0.25) is 0 Å². The van der Waals surface area contributed by atoms with E-state index in [0.29, 0.717) is 10.5 Å². The zero-order valence-electron chi connectivity index (χ0n) is 16.6. The lowest BCUT2D eigenvalue weighted by Gasteiger charge is -2.29. The van der Waals surface area contributed by atoms with Crippen molar-refractivity contribution in [3.05, 3.63) is 77.5 Å². The number of thiazole rings is 1. The van der Waals surface area contributed by atoms with Crippen LogP contribution in [0.15, 0.2) is 71.9 Å². The molecule has 1 unspecified atom stereocenters. The number of rotatable bonds is 4. The van der Waals surface area contributed by atoms with Crippen LogP contribution in [-0.2, 0) is 9.53 Å². The molecule has 3 aromatic rings. The van der Waals surface area contributed by atoms with E-state index >= 15 is 0 Å². The molecule has 6 heteroatoms. The Balaban J connectivity index is 1.97. The Morgan fingerprint density at radius 2 is 1.76 bits per heavy atom. The molecule has 4 rings (SSSR count). The second-order valence-electron chi connectivity index (χ2n) is 6.85. The van der Waals surface area contributed by atoms with Crippen LogP contribution < -0.4 is 14.6 Å². The fraction of sp³-hybridized carbons (Fsp3) is 0.217. The Bertz CT molecular complexity index is 1070. The highest BCUT2D eigenvalue weighted by Gasteiger charge is 2.43. The number of ether oxygens (including phenoxy) is 1. The van der Waals surface area contributed by atoms with Crippen molar-refractivity contribution in [1.82, 2.24) is 0 Å². The van der Waals surface area contributed by atoms with E-state index in [9.17, 15) is 9.90 Å². The standard InChI is InChI=1S/C23H22N2O3S/c1-4-28-22(27)18-15(2)24(3)23-25(19(18)16-11-7-5-8-12-16)21(26)20(29-23)17-13-9-6-10-14-17/h5-14,19H,4H2,1-3H3. The fourth-order valence-electron chi connectivity index (χ4n) is 3.68. The molecule has 0 saturated heterocycles. The van der Waals surface area contributed by atoms with Crippen LogP contribution in [0.4, 0.5) is 5.13 Å². The van der Waals surface area contributed by atoms with E-state index in [0.717, 1.165) is 22.0 Å². The number of carbonyl (C=O) groups excluding carboxylic acids is 1. The molecule has 0 amide bonds. The second kappa shape index (κ2) is 7.72. The summed E-state index contributed by atoms with van der Waals surface area (Å²) < 4.78 is 7.09. The highest BCUT2D eigenvalue weighted by atomic mass is 32.1. The van der Waals surface area contributed by atoms with Crippen LogP contribution in [-0.4, -0.2) is 19.6 Å². The number of allylic oxidation sites excluding steroid dienone is 1. The molecule has 1 aromatic heterocycles. The first-order valence-electron chi connectivity index (χ1n) is 9.51. The van der Waals surface area contributed by atoms with Gasteiger partial charge < -0.3 is 9.84 Å². The maximum absolute atomic E-state index is 13.5. The maximum Gasteiger partial charge on any atom is 0.342 e. The Kier molecular flexibility index (Phi) is 5.11. The lowest BCUT2D eigenvalue weighted by molar-refractivity contribution is -0.728. The van der Waals surface area contributed by atoms with Gasteiger partial charge in [0.15, 0.2) is 6.04 Å². The number of carbonyl (C=O) groups is 1. The molecule has 0 spiro atoms. The van der Waals surface area contributed by atoms with Gasteiger partial charge >= 0.3 is 11.1 Å². The number of benzene rings is 2. The third-order valence-corrected chi connectivity index (χ3v) is 6.44. The zero-order chi connectivity index (χ0) is 20.5. The van der Waals surface area contributed by atoms with Gasteiger partial charge in [0, 0.05) is 5.56 Å². The highest BCUT2D eigenvalue weighted by molar-refractivity contribution is 7.18. The number of fused-ring (bicyclic) bond motifs is 1. The Morgan fingerprint density at radius 3 is 2.38 bits per heavy atom. The van der Waals surface area contributed by atoms with Crippen molar-refractivity contribution in [3.8, 4) is 16.3 Å². The van der Waals surface area contributed by atoms with Gasteiger partial charge in [0.1, 0.15) is 11.3 Å². The van der Waals surface area contributed by atoms with Crippen molar-refractivity contribution in [3.63, 3.8) is 0 Å². The van der Waals surface area contributed by atoms with E-state index in [1.807, 2.05) is 79.5 Å². The van der Waals surface area contributed by atoms with E-state index in [-0.39, 0.29) is 12.5 Å². The van der Waals surface area contributed by atoms with Crippen LogP contribution in [0.2, 0.25) is 0 Å². The normalized spacial score (nSPS) is 16.0. The molecular formula is C23H22N2O3S. The van der Waals surface area contributed by atoms with E-state index < -0.39 is 12.0 Å². The molecule has 0 bridgehead atoms. The number of nitrogens with zero attached hydrogens (tertiary/aromatic N) is 2. The van der Waals surface area contributed by atoms with E-state index in [2.05, 4.69) is 0 Å².